The number of rotatable bonds is 5. The lowest BCUT2D eigenvalue weighted by Crippen LogP contribution is -2.60. The van der Waals surface area contributed by atoms with Crippen LogP contribution in [-0.2, 0) is 0 Å². The lowest BCUT2D eigenvalue weighted by atomic mass is 9.79. The molecule has 1 aliphatic rings. The number of hydrogen-bond donors (Lipinski definition) is 4. The third-order valence-electron chi connectivity index (χ3n) is 4.41. The average molecular weight is 320 g/mol. The summed E-state index contributed by atoms with van der Waals surface area (Å²) in [4.78, 5) is 8.63. The van der Waals surface area contributed by atoms with Crippen molar-refractivity contribution in [2.24, 2.45) is 0 Å². The Bertz CT molecular complexity index is 524. The molecule has 1 saturated heterocycles. The Kier molecular flexibility index (Phi) is 5.04. The van der Waals surface area contributed by atoms with Crippen molar-refractivity contribution in [3.8, 4) is 0 Å². The molecule has 2 heterocycles. The van der Waals surface area contributed by atoms with E-state index in [0.29, 0.717) is 23.6 Å². The highest BCUT2D eigenvalue weighted by molar-refractivity contribution is 5.74. The molecule has 0 spiro atoms. The molecule has 0 amide bonds. The van der Waals surface area contributed by atoms with Crippen molar-refractivity contribution in [1.82, 2.24) is 15.3 Å². The maximum atomic E-state index is 6.27. The topological polar surface area (TPSA) is 87.9 Å². The number of nitrogens with zero attached hydrogens (tertiary/aromatic N) is 2. The quantitative estimate of drug-likeness (QED) is 0.667. The van der Waals surface area contributed by atoms with Gasteiger partial charge in [-0.25, -0.2) is 9.97 Å². The normalized spacial score (nSPS) is 21.7. The third-order valence-corrected chi connectivity index (χ3v) is 4.41. The summed E-state index contributed by atoms with van der Waals surface area (Å²) in [5, 5.41) is 10.6. The first-order valence-electron chi connectivity index (χ1n) is 8.55. The monoisotopic (exact) mass is 320 g/mol. The molecule has 1 aliphatic heterocycles. The zero-order chi connectivity index (χ0) is 17.3. The van der Waals surface area contributed by atoms with Crippen LogP contribution in [0, 0.1) is 0 Å². The minimum Gasteiger partial charge on any atom is -0.393 e. The van der Waals surface area contributed by atoms with Gasteiger partial charge in [0.25, 0.3) is 0 Å². The molecule has 6 nitrogen and oxygen atoms in total. The van der Waals surface area contributed by atoms with Crippen molar-refractivity contribution >= 4 is 17.3 Å². The predicted molar refractivity (Wildman–Crippen MR) is 97.8 cm³/mol. The van der Waals surface area contributed by atoms with Gasteiger partial charge in [0.05, 0.1) is 0 Å². The minimum atomic E-state index is 0.0824. The van der Waals surface area contributed by atoms with Crippen LogP contribution in [0.3, 0.4) is 0 Å². The highest BCUT2D eigenvalue weighted by Gasteiger charge is 2.37. The second kappa shape index (κ2) is 6.51. The zero-order valence-corrected chi connectivity index (χ0v) is 15.3. The molecule has 1 atom stereocenters. The van der Waals surface area contributed by atoms with Crippen LogP contribution in [0.25, 0.3) is 0 Å². The fourth-order valence-electron chi connectivity index (χ4n) is 3.58. The van der Waals surface area contributed by atoms with Gasteiger partial charge in [0.2, 0.25) is 0 Å². The Morgan fingerprint density at radius 1 is 1.22 bits per heavy atom. The molecule has 1 aromatic heterocycles. The van der Waals surface area contributed by atoms with Gasteiger partial charge in [-0.2, -0.15) is 0 Å². The molecule has 0 bridgehead atoms. The fourth-order valence-corrected chi connectivity index (χ4v) is 3.58. The molecule has 0 saturated carbocycles. The van der Waals surface area contributed by atoms with Gasteiger partial charge in [0.1, 0.15) is 12.0 Å². The highest BCUT2D eigenvalue weighted by atomic mass is 15.1. The van der Waals surface area contributed by atoms with Crippen LogP contribution < -0.4 is 21.7 Å². The van der Waals surface area contributed by atoms with Crippen molar-refractivity contribution in [2.45, 2.75) is 84.0 Å². The van der Waals surface area contributed by atoms with E-state index in [9.17, 15) is 0 Å². The number of nitrogens with two attached hydrogens (primary N) is 1. The van der Waals surface area contributed by atoms with E-state index in [0.717, 1.165) is 25.1 Å². The predicted octanol–water partition coefficient (Wildman–Crippen LogP) is 2.99. The zero-order valence-electron chi connectivity index (χ0n) is 15.3. The maximum absolute atomic E-state index is 6.27. The lowest BCUT2D eigenvalue weighted by molar-refractivity contribution is 0.170. The number of anilines is 3. The van der Waals surface area contributed by atoms with E-state index < -0.39 is 0 Å². The van der Waals surface area contributed by atoms with Gasteiger partial charge in [-0.1, -0.05) is 6.92 Å². The Morgan fingerprint density at radius 2 is 1.78 bits per heavy atom. The summed E-state index contributed by atoms with van der Waals surface area (Å²) < 4.78 is 0. The number of nitrogens with one attached hydrogen (secondary N) is 3. The van der Waals surface area contributed by atoms with Gasteiger partial charge in [-0.3, -0.25) is 0 Å². The molecule has 0 radical (unpaired) electrons. The molecule has 1 fully saturated rings. The SMILES string of the molecule is CCC(C)Nc1ncnc(NC2CC(C)(C)NC(C)(C)C2)c1N. The summed E-state index contributed by atoms with van der Waals surface area (Å²) in [6.07, 6.45) is 4.63. The van der Waals surface area contributed by atoms with Crippen LogP contribution in [0.5, 0.6) is 0 Å². The van der Waals surface area contributed by atoms with Crippen LogP contribution in [0.15, 0.2) is 6.33 Å². The van der Waals surface area contributed by atoms with Gasteiger partial charge in [0, 0.05) is 23.2 Å². The highest BCUT2D eigenvalue weighted by Crippen LogP contribution is 2.32. The van der Waals surface area contributed by atoms with Crippen molar-refractivity contribution in [3.05, 3.63) is 6.33 Å². The first-order chi connectivity index (χ1) is 10.6. The molecule has 5 N–H and O–H groups in total. The molecule has 0 aromatic carbocycles. The van der Waals surface area contributed by atoms with Crippen molar-refractivity contribution in [2.75, 3.05) is 16.4 Å². The molecule has 1 unspecified atom stereocenters. The van der Waals surface area contributed by atoms with E-state index in [1.807, 2.05) is 0 Å². The second-order valence-electron chi connectivity index (χ2n) is 8.08. The third kappa shape index (κ3) is 4.70. The summed E-state index contributed by atoms with van der Waals surface area (Å²) >= 11 is 0. The van der Waals surface area contributed by atoms with Gasteiger partial charge < -0.3 is 21.7 Å². The van der Waals surface area contributed by atoms with E-state index in [4.69, 9.17) is 5.73 Å². The molecular formula is C17H32N6. The van der Waals surface area contributed by atoms with E-state index in [2.05, 4.69) is 67.5 Å². The average Bonchev–Trinajstić information content (AvgIpc) is 2.39. The van der Waals surface area contributed by atoms with Gasteiger partial charge in [-0.15, -0.1) is 0 Å². The van der Waals surface area contributed by atoms with Crippen LogP contribution in [-0.4, -0.2) is 33.1 Å². The molecule has 6 heteroatoms. The molecule has 130 valence electrons. The summed E-state index contributed by atoms with van der Waals surface area (Å²) in [5.74, 6) is 1.44. The van der Waals surface area contributed by atoms with Gasteiger partial charge >= 0.3 is 0 Å². The van der Waals surface area contributed by atoms with E-state index in [-0.39, 0.29) is 11.1 Å². The molecule has 1 aromatic rings. The molecule has 0 aliphatic carbocycles. The smallest absolute Gasteiger partial charge is 0.155 e. The summed E-state index contributed by atoms with van der Waals surface area (Å²) in [5.41, 5.74) is 7.04. The van der Waals surface area contributed by atoms with Crippen molar-refractivity contribution in [1.29, 1.82) is 0 Å². The summed E-state index contributed by atoms with van der Waals surface area (Å²) in [6, 6.07) is 0.659. The van der Waals surface area contributed by atoms with E-state index >= 15 is 0 Å². The Morgan fingerprint density at radius 3 is 2.35 bits per heavy atom. The maximum Gasteiger partial charge on any atom is 0.155 e. The van der Waals surface area contributed by atoms with Crippen LogP contribution in [0.4, 0.5) is 17.3 Å². The van der Waals surface area contributed by atoms with Crippen molar-refractivity contribution < 1.29 is 0 Å². The minimum absolute atomic E-state index is 0.0824. The standard InChI is InChI=1S/C17H32N6/c1-7-11(2)21-14-13(18)15(20-10-19-14)22-12-8-16(3,4)23-17(5,6)9-12/h10-12,23H,7-9,18H2,1-6H3,(H2,19,20,21,22). The summed E-state index contributed by atoms with van der Waals surface area (Å²) in [6.45, 7) is 13.2. The Hall–Kier alpha value is -1.56. The van der Waals surface area contributed by atoms with E-state index in [1.54, 1.807) is 6.33 Å². The number of piperidine rings is 1. The first kappa shape index (κ1) is 17.8. The fraction of sp³-hybridized carbons (Fsp3) is 0.765. The lowest BCUT2D eigenvalue weighted by Gasteiger charge is -2.46. The van der Waals surface area contributed by atoms with Crippen molar-refractivity contribution in [3.63, 3.8) is 0 Å². The molecular weight excluding hydrogens is 288 g/mol. The molecule has 2 rings (SSSR count). The van der Waals surface area contributed by atoms with Crippen LogP contribution in [0.1, 0.15) is 60.8 Å². The van der Waals surface area contributed by atoms with Gasteiger partial charge in [-0.05, 0) is 53.9 Å². The largest absolute Gasteiger partial charge is 0.393 e. The Balaban J connectivity index is 2.15. The number of nitrogen functional groups attached to an aromatic ring is 1. The second-order valence-corrected chi connectivity index (χ2v) is 8.08. The summed E-state index contributed by atoms with van der Waals surface area (Å²) in [7, 11) is 0. The number of aromatic nitrogens is 2. The van der Waals surface area contributed by atoms with Crippen LogP contribution in [0.2, 0.25) is 0 Å². The first-order valence-corrected chi connectivity index (χ1v) is 8.55. The molecule has 23 heavy (non-hydrogen) atoms. The Labute approximate surface area is 140 Å². The van der Waals surface area contributed by atoms with Crippen LogP contribution >= 0.6 is 0 Å². The van der Waals surface area contributed by atoms with Gasteiger partial charge in [0.15, 0.2) is 11.6 Å². The van der Waals surface area contributed by atoms with E-state index in [1.165, 1.54) is 0 Å². The number of hydrogen-bond acceptors (Lipinski definition) is 6.